The number of hydrogen-bond donors (Lipinski definition) is 1. The van der Waals surface area contributed by atoms with Crippen LogP contribution >= 0.6 is 15.9 Å². The molecule has 6 nitrogen and oxygen atoms in total. The van der Waals surface area contributed by atoms with Gasteiger partial charge in [0.15, 0.2) is 17.7 Å². The van der Waals surface area contributed by atoms with Gasteiger partial charge in [-0.2, -0.15) is 13.9 Å². The molecule has 0 aliphatic carbocycles. The normalized spacial score (nSPS) is 12.0. The lowest BCUT2D eigenvalue weighted by Crippen LogP contribution is -2.28. The molecule has 0 spiro atoms. The summed E-state index contributed by atoms with van der Waals surface area (Å²) in [5.41, 5.74) is 4.44. The van der Waals surface area contributed by atoms with Crippen LogP contribution in [0.15, 0.2) is 33.4 Å². The summed E-state index contributed by atoms with van der Waals surface area (Å²) in [5.74, 6) is 0.295. The van der Waals surface area contributed by atoms with Crippen molar-refractivity contribution in [2.45, 2.75) is 6.05 Å². The Balaban J connectivity index is 2.39. The number of hydrogen-bond acceptors (Lipinski definition) is 5. The zero-order chi connectivity index (χ0) is 15.2. The lowest BCUT2D eigenvalue weighted by atomic mass is 10.2. The average Bonchev–Trinajstić information content (AvgIpc) is 3.05. The summed E-state index contributed by atoms with van der Waals surface area (Å²) in [6.45, 7) is 0. The zero-order valence-electron chi connectivity index (χ0n) is 10.3. The van der Waals surface area contributed by atoms with E-state index < -0.39 is 11.7 Å². The maximum atomic E-state index is 13.6. The summed E-state index contributed by atoms with van der Waals surface area (Å²) in [7, 11) is 0. The van der Waals surface area contributed by atoms with Crippen LogP contribution in [0.4, 0.5) is 8.78 Å². The molecule has 0 amide bonds. The van der Waals surface area contributed by atoms with Crippen molar-refractivity contribution in [3.05, 3.63) is 40.3 Å². The molecule has 0 unspecified atom stereocenters. The molecule has 0 fully saturated rings. The highest BCUT2D eigenvalue weighted by Crippen LogP contribution is 2.30. The number of aldehydes is 1. The summed E-state index contributed by atoms with van der Waals surface area (Å²) in [5, 5.41) is 3.77. The van der Waals surface area contributed by atoms with Gasteiger partial charge in [0, 0.05) is 0 Å². The van der Waals surface area contributed by atoms with Crippen LogP contribution in [0.3, 0.4) is 0 Å². The molecule has 21 heavy (non-hydrogen) atoms. The van der Waals surface area contributed by atoms with Gasteiger partial charge in [-0.25, -0.2) is 9.50 Å². The molecule has 0 atom stereocenters. The van der Waals surface area contributed by atoms with E-state index in [0.29, 0.717) is 12.0 Å². The summed E-state index contributed by atoms with van der Waals surface area (Å²) in [6.07, 6.45) is 1.83. The molecule has 9 heteroatoms. The smallest absolute Gasteiger partial charge is 0.343 e. The third kappa shape index (κ3) is 2.24. The Kier molecular flexibility index (Phi) is 3.10. The molecule has 0 aliphatic heterocycles. The van der Waals surface area contributed by atoms with Gasteiger partial charge in [-0.1, -0.05) is 0 Å². The predicted molar refractivity (Wildman–Crippen MR) is 71.9 cm³/mol. The Morgan fingerprint density at radius 1 is 1.48 bits per heavy atom. The Hall–Kier alpha value is -2.13. The fourth-order valence-corrected chi connectivity index (χ4v) is 2.30. The SMILES string of the molecule is NC(F)(F)c1cc(-c2ccco2)nc2c(Br)c(C=O)nn12. The summed E-state index contributed by atoms with van der Waals surface area (Å²) >= 11 is 3.12. The van der Waals surface area contributed by atoms with Gasteiger partial charge in [0.25, 0.3) is 0 Å². The van der Waals surface area contributed by atoms with E-state index in [4.69, 9.17) is 10.2 Å². The lowest BCUT2D eigenvalue weighted by Gasteiger charge is -2.12. The van der Waals surface area contributed by atoms with Gasteiger partial charge >= 0.3 is 6.05 Å². The topological polar surface area (TPSA) is 86.4 Å². The zero-order valence-corrected chi connectivity index (χ0v) is 11.8. The maximum Gasteiger partial charge on any atom is 0.343 e. The monoisotopic (exact) mass is 356 g/mol. The standard InChI is InChI=1S/C12H7BrF2N4O2/c13-10-7(5-20)18-19-9(12(14,15)16)4-6(17-11(10)19)8-2-1-3-21-8/h1-5H,16H2. The van der Waals surface area contributed by atoms with Crippen molar-refractivity contribution in [1.82, 2.24) is 14.6 Å². The van der Waals surface area contributed by atoms with Crippen molar-refractivity contribution in [1.29, 1.82) is 0 Å². The molecule has 3 aromatic heterocycles. The minimum absolute atomic E-state index is 0.0473. The van der Waals surface area contributed by atoms with E-state index in [-0.39, 0.29) is 21.5 Å². The van der Waals surface area contributed by atoms with E-state index >= 15 is 0 Å². The third-order valence-electron chi connectivity index (χ3n) is 2.78. The van der Waals surface area contributed by atoms with Crippen LogP contribution < -0.4 is 5.73 Å². The molecule has 0 saturated heterocycles. The summed E-state index contributed by atoms with van der Waals surface area (Å²) in [4.78, 5) is 15.1. The van der Waals surface area contributed by atoms with Gasteiger partial charge in [0.05, 0.1) is 10.7 Å². The summed E-state index contributed by atoms with van der Waals surface area (Å²) < 4.78 is 33.4. The van der Waals surface area contributed by atoms with E-state index in [0.717, 1.165) is 10.6 Å². The molecule has 0 aromatic carbocycles. The Morgan fingerprint density at radius 2 is 2.24 bits per heavy atom. The van der Waals surface area contributed by atoms with Crippen LogP contribution in [-0.2, 0) is 6.05 Å². The number of alkyl halides is 2. The van der Waals surface area contributed by atoms with Crippen molar-refractivity contribution in [2.75, 3.05) is 0 Å². The van der Waals surface area contributed by atoms with Gasteiger partial charge in [0.2, 0.25) is 0 Å². The van der Waals surface area contributed by atoms with Crippen molar-refractivity contribution >= 4 is 27.9 Å². The fourth-order valence-electron chi connectivity index (χ4n) is 1.87. The summed E-state index contributed by atoms with van der Waals surface area (Å²) in [6, 6.07) is 0.583. The molecule has 0 bridgehead atoms. The quantitative estimate of drug-likeness (QED) is 0.575. The number of halogens is 3. The number of aromatic nitrogens is 3. The lowest BCUT2D eigenvalue weighted by molar-refractivity contribution is -0.00388. The Bertz CT molecular complexity index is 824. The van der Waals surface area contributed by atoms with Crippen LogP contribution in [-0.4, -0.2) is 20.9 Å². The molecule has 2 N–H and O–H groups in total. The number of furan rings is 1. The van der Waals surface area contributed by atoms with Crippen LogP contribution in [0.5, 0.6) is 0 Å². The predicted octanol–water partition coefficient (Wildman–Crippen LogP) is 2.57. The van der Waals surface area contributed by atoms with E-state index in [1.165, 1.54) is 6.26 Å². The minimum Gasteiger partial charge on any atom is -0.463 e. The third-order valence-corrected chi connectivity index (χ3v) is 3.55. The number of carbonyl (C=O) groups is 1. The molecule has 3 heterocycles. The van der Waals surface area contributed by atoms with Crippen molar-refractivity contribution < 1.29 is 18.0 Å². The van der Waals surface area contributed by atoms with Crippen LogP contribution in [0.1, 0.15) is 16.2 Å². The minimum atomic E-state index is -3.66. The van der Waals surface area contributed by atoms with Crippen LogP contribution in [0.25, 0.3) is 17.1 Å². The highest BCUT2D eigenvalue weighted by atomic mass is 79.9. The van der Waals surface area contributed by atoms with Crippen molar-refractivity contribution in [3.8, 4) is 11.5 Å². The number of rotatable bonds is 3. The number of fused-ring (bicyclic) bond motifs is 1. The average molecular weight is 357 g/mol. The Morgan fingerprint density at radius 3 is 2.81 bits per heavy atom. The van der Waals surface area contributed by atoms with E-state index in [9.17, 15) is 13.6 Å². The van der Waals surface area contributed by atoms with E-state index in [1.807, 2.05) is 0 Å². The molecule has 0 radical (unpaired) electrons. The van der Waals surface area contributed by atoms with Gasteiger partial charge in [-0.15, -0.1) is 0 Å². The second kappa shape index (κ2) is 4.71. The fraction of sp³-hybridized carbons (Fsp3) is 0.0833. The van der Waals surface area contributed by atoms with E-state index in [1.54, 1.807) is 12.1 Å². The molecule has 108 valence electrons. The van der Waals surface area contributed by atoms with Gasteiger partial charge in [-0.05, 0) is 34.1 Å². The van der Waals surface area contributed by atoms with Gasteiger partial charge in [-0.3, -0.25) is 10.5 Å². The number of nitrogens with two attached hydrogens (primary N) is 1. The van der Waals surface area contributed by atoms with Crippen LogP contribution in [0, 0.1) is 0 Å². The number of nitrogens with zero attached hydrogens (tertiary/aromatic N) is 3. The van der Waals surface area contributed by atoms with Crippen LogP contribution in [0.2, 0.25) is 0 Å². The highest BCUT2D eigenvalue weighted by molar-refractivity contribution is 9.10. The van der Waals surface area contributed by atoms with Gasteiger partial charge < -0.3 is 4.42 Å². The molecule has 3 rings (SSSR count). The molecule has 0 saturated carbocycles. The first kappa shape index (κ1) is 13.8. The second-order valence-corrected chi connectivity index (χ2v) is 4.97. The first-order valence-corrected chi connectivity index (χ1v) is 6.46. The number of carbonyl (C=O) groups excluding carboxylic acids is 1. The van der Waals surface area contributed by atoms with Crippen molar-refractivity contribution in [2.24, 2.45) is 5.73 Å². The Labute approximate surface area is 124 Å². The van der Waals surface area contributed by atoms with E-state index in [2.05, 4.69) is 26.0 Å². The first-order valence-electron chi connectivity index (χ1n) is 5.67. The molecular weight excluding hydrogens is 350 g/mol. The largest absolute Gasteiger partial charge is 0.463 e. The first-order chi connectivity index (χ1) is 9.91. The molecule has 3 aromatic rings. The molecular formula is C12H7BrF2N4O2. The maximum absolute atomic E-state index is 13.6. The van der Waals surface area contributed by atoms with Crippen molar-refractivity contribution in [3.63, 3.8) is 0 Å². The molecule has 0 aliphatic rings. The second-order valence-electron chi connectivity index (χ2n) is 4.18. The van der Waals surface area contributed by atoms with Gasteiger partial charge in [0.1, 0.15) is 17.1 Å². The highest BCUT2D eigenvalue weighted by Gasteiger charge is 2.32.